The first-order valence-electron chi connectivity index (χ1n) is 10.3. The summed E-state index contributed by atoms with van der Waals surface area (Å²) in [6.07, 6.45) is 1.02. The molecule has 0 spiro atoms. The third-order valence-corrected chi connectivity index (χ3v) is 6.37. The van der Waals surface area contributed by atoms with Gasteiger partial charge in [-0.15, -0.1) is 0 Å². The van der Waals surface area contributed by atoms with Crippen molar-refractivity contribution in [3.05, 3.63) is 52.1 Å². The number of amides is 1. The lowest BCUT2D eigenvalue weighted by molar-refractivity contribution is -0.384. The number of hydrogen-bond acceptors (Lipinski definition) is 8. The van der Waals surface area contributed by atoms with E-state index in [0.29, 0.717) is 17.1 Å². The number of anilines is 1. The molecule has 0 aromatic heterocycles. The Labute approximate surface area is 198 Å². The van der Waals surface area contributed by atoms with E-state index in [9.17, 15) is 23.3 Å². The van der Waals surface area contributed by atoms with E-state index in [2.05, 4.69) is 5.32 Å². The van der Waals surface area contributed by atoms with Crippen LogP contribution in [0.4, 0.5) is 11.4 Å². The average Bonchev–Trinajstić information content (AvgIpc) is 2.80. The molecule has 2 aromatic rings. The maximum absolute atomic E-state index is 13.3. The van der Waals surface area contributed by atoms with E-state index in [4.69, 9.17) is 14.2 Å². The molecule has 0 aliphatic heterocycles. The van der Waals surface area contributed by atoms with Crippen LogP contribution in [0.5, 0.6) is 17.2 Å². The molecule has 12 heteroatoms. The summed E-state index contributed by atoms with van der Waals surface area (Å²) in [6.45, 7) is 3.36. The van der Waals surface area contributed by atoms with E-state index in [-0.39, 0.29) is 23.5 Å². The number of nitrogens with zero attached hydrogens (tertiary/aromatic N) is 2. The van der Waals surface area contributed by atoms with E-state index in [0.717, 1.165) is 16.6 Å². The fourth-order valence-corrected chi connectivity index (χ4v) is 4.77. The molecule has 2 aromatic carbocycles. The number of rotatable bonds is 11. The Morgan fingerprint density at radius 1 is 1.09 bits per heavy atom. The molecule has 0 bridgehead atoms. The summed E-state index contributed by atoms with van der Waals surface area (Å²) in [4.78, 5) is 24.0. The highest BCUT2D eigenvalue weighted by atomic mass is 32.2. The van der Waals surface area contributed by atoms with Crippen molar-refractivity contribution in [3.63, 3.8) is 0 Å². The molecule has 1 N–H and O–H groups in total. The molecule has 0 unspecified atom stereocenters. The highest BCUT2D eigenvalue weighted by Crippen LogP contribution is 2.36. The van der Waals surface area contributed by atoms with Crippen LogP contribution in [0.25, 0.3) is 0 Å². The summed E-state index contributed by atoms with van der Waals surface area (Å²) in [7, 11) is 0.268. The Morgan fingerprint density at radius 2 is 1.71 bits per heavy atom. The van der Waals surface area contributed by atoms with Crippen molar-refractivity contribution >= 4 is 27.3 Å². The molecule has 2 rings (SSSR count). The zero-order valence-electron chi connectivity index (χ0n) is 19.9. The molecule has 0 aliphatic rings. The van der Waals surface area contributed by atoms with Crippen molar-refractivity contribution in [2.45, 2.75) is 32.4 Å². The summed E-state index contributed by atoms with van der Waals surface area (Å²) < 4.78 is 42.3. The highest BCUT2D eigenvalue weighted by molar-refractivity contribution is 7.92. The minimum atomic E-state index is -4.05. The number of ether oxygens (including phenoxy) is 3. The monoisotopic (exact) mass is 495 g/mol. The largest absolute Gasteiger partial charge is 0.497 e. The van der Waals surface area contributed by atoms with Crippen LogP contribution >= 0.6 is 0 Å². The number of benzene rings is 2. The smallest absolute Gasteiger partial charge is 0.271 e. The van der Waals surface area contributed by atoms with Crippen LogP contribution in [0.2, 0.25) is 0 Å². The molecular weight excluding hydrogens is 466 g/mol. The van der Waals surface area contributed by atoms with E-state index in [1.807, 2.05) is 0 Å². The number of carbonyl (C=O) groups is 1. The van der Waals surface area contributed by atoms with Crippen LogP contribution in [-0.2, 0) is 14.8 Å². The molecule has 0 fully saturated rings. The summed E-state index contributed by atoms with van der Waals surface area (Å²) >= 11 is 0. The first kappa shape index (κ1) is 26.7. The molecule has 11 nitrogen and oxygen atoms in total. The van der Waals surface area contributed by atoms with Gasteiger partial charge in [0.05, 0.1) is 38.6 Å². The van der Waals surface area contributed by atoms with Gasteiger partial charge in [0.25, 0.3) is 5.69 Å². The molecular formula is C22H29N3O8S. The Bertz CT molecular complexity index is 1150. The lowest BCUT2D eigenvalue weighted by Gasteiger charge is -2.32. The van der Waals surface area contributed by atoms with Crippen LogP contribution in [0.1, 0.15) is 31.9 Å². The van der Waals surface area contributed by atoms with Gasteiger partial charge in [0.1, 0.15) is 29.0 Å². The predicted molar refractivity (Wildman–Crippen MR) is 127 cm³/mol. The molecule has 0 radical (unpaired) electrons. The maximum Gasteiger partial charge on any atom is 0.271 e. The normalized spacial score (nSPS) is 12.9. The van der Waals surface area contributed by atoms with Gasteiger partial charge in [-0.2, -0.15) is 0 Å². The van der Waals surface area contributed by atoms with Gasteiger partial charge in [-0.05, 0) is 37.6 Å². The number of nitrogens with one attached hydrogen (secondary N) is 1. The van der Waals surface area contributed by atoms with E-state index >= 15 is 0 Å². The number of non-ortho nitro benzene ring substituents is 1. The van der Waals surface area contributed by atoms with E-state index in [1.54, 1.807) is 32.0 Å². The van der Waals surface area contributed by atoms with Crippen molar-refractivity contribution < 1.29 is 32.3 Å². The molecule has 34 heavy (non-hydrogen) atoms. The predicted octanol–water partition coefficient (Wildman–Crippen LogP) is 3.04. The lowest BCUT2D eigenvalue weighted by atomic mass is 10.1. The highest BCUT2D eigenvalue weighted by Gasteiger charge is 2.35. The first-order valence-corrected chi connectivity index (χ1v) is 12.2. The zero-order chi connectivity index (χ0) is 25.6. The second-order valence-corrected chi connectivity index (χ2v) is 9.29. The lowest BCUT2D eigenvalue weighted by Crippen LogP contribution is -2.49. The van der Waals surface area contributed by atoms with Gasteiger partial charge < -0.3 is 19.5 Å². The number of sulfonamides is 1. The van der Waals surface area contributed by atoms with Gasteiger partial charge in [-0.1, -0.05) is 6.92 Å². The van der Waals surface area contributed by atoms with Crippen LogP contribution in [-0.4, -0.2) is 52.9 Å². The Morgan fingerprint density at radius 3 is 2.21 bits per heavy atom. The van der Waals surface area contributed by atoms with Gasteiger partial charge in [0.2, 0.25) is 15.9 Å². The number of carbonyl (C=O) groups excluding carboxylic acids is 1. The molecule has 186 valence electrons. The fraction of sp³-hybridized carbons (Fsp3) is 0.409. The summed E-state index contributed by atoms with van der Waals surface area (Å²) in [5.41, 5.74) is 0.186. The van der Waals surface area contributed by atoms with Crippen molar-refractivity contribution in [2.75, 3.05) is 31.9 Å². The van der Waals surface area contributed by atoms with Gasteiger partial charge in [0.15, 0.2) is 0 Å². The fourth-order valence-electron chi connectivity index (χ4n) is 3.56. The third kappa shape index (κ3) is 5.87. The number of nitro benzene ring substituents is 1. The van der Waals surface area contributed by atoms with Crippen LogP contribution in [0.3, 0.4) is 0 Å². The minimum Gasteiger partial charge on any atom is -0.497 e. The summed E-state index contributed by atoms with van der Waals surface area (Å²) in [6, 6.07) is 6.91. The van der Waals surface area contributed by atoms with E-state index < -0.39 is 32.9 Å². The van der Waals surface area contributed by atoms with Crippen molar-refractivity contribution in [3.8, 4) is 17.2 Å². The zero-order valence-corrected chi connectivity index (χ0v) is 20.7. The van der Waals surface area contributed by atoms with Gasteiger partial charge in [-0.25, -0.2) is 8.42 Å². The second-order valence-electron chi connectivity index (χ2n) is 7.43. The van der Waals surface area contributed by atoms with Gasteiger partial charge in [-0.3, -0.25) is 19.2 Å². The number of methoxy groups -OCH3 is 3. The Hall–Kier alpha value is -3.54. The van der Waals surface area contributed by atoms with E-state index in [1.165, 1.54) is 33.5 Å². The van der Waals surface area contributed by atoms with Crippen molar-refractivity contribution in [2.24, 2.45) is 0 Å². The molecule has 0 heterocycles. The first-order chi connectivity index (χ1) is 16.0. The third-order valence-electron chi connectivity index (χ3n) is 5.20. The topological polar surface area (TPSA) is 137 Å². The Kier molecular flexibility index (Phi) is 8.68. The summed E-state index contributed by atoms with van der Waals surface area (Å²) in [5, 5.41) is 14.1. The molecule has 2 atom stereocenters. The van der Waals surface area contributed by atoms with Crippen molar-refractivity contribution in [1.29, 1.82) is 0 Å². The number of nitro groups is 1. The molecule has 0 saturated heterocycles. The quantitative estimate of drug-likeness (QED) is 0.371. The van der Waals surface area contributed by atoms with Crippen LogP contribution in [0.15, 0.2) is 36.4 Å². The van der Waals surface area contributed by atoms with Gasteiger partial charge in [0, 0.05) is 17.7 Å². The second kappa shape index (κ2) is 11.1. The van der Waals surface area contributed by atoms with Crippen LogP contribution < -0.4 is 23.8 Å². The van der Waals surface area contributed by atoms with Crippen molar-refractivity contribution in [1.82, 2.24) is 5.32 Å². The molecule has 0 aliphatic carbocycles. The van der Waals surface area contributed by atoms with Gasteiger partial charge >= 0.3 is 0 Å². The Balaban J connectivity index is 2.51. The average molecular weight is 496 g/mol. The van der Waals surface area contributed by atoms with Crippen LogP contribution in [0, 0.1) is 10.1 Å². The standard InChI is InChI=1S/C22H29N3O8S/c1-7-18(22(26)23-14(2)17-13-16(31-3)9-11-20(17)32-4)24(34(6,29)30)19-12-15(25(27)28)8-10-21(19)33-5/h8-14,18H,7H2,1-6H3,(H,23,26)/t14-,18-/m0/s1. The summed E-state index contributed by atoms with van der Waals surface area (Å²) in [5.74, 6) is 0.550. The number of hydrogen-bond donors (Lipinski definition) is 1. The minimum absolute atomic E-state index is 0.0739. The SMILES string of the molecule is CC[C@@H](C(=O)N[C@@H](C)c1cc(OC)ccc1OC)N(c1cc([N+](=O)[O-])ccc1OC)S(C)(=O)=O. The molecule has 1 amide bonds. The maximum atomic E-state index is 13.3. The molecule has 0 saturated carbocycles.